The molecule has 0 saturated heterocycles. The van der Waals surface area contributed by atoms with Gasteiger partial charge in [0.15, 0.2) is 0 Å². The van der Waals surface area contributed by atoms with Crippen molar-refractivity contribution in [2.75, 3.05) is 24.7 Å². The molecule has 1 aliphatic heterocycles. The molecular formula is C29H26N4O3S. The van der Waals surface area contributed by atoms with Crippen LogP contribution in [0.2, 0.25) is 0 Å². The van der Waals surface area contributed by atoms with Crippen LogP contribution in [-0.2, 0) is 10.0 Å². The first-order chi connectivity index (χ1) is 17.8. The van der Waals surface area contributed by atoms with E-state index >= 15 is 0 Å². The highest BCUT2D eigenvalue weighted by atomic mass is 32.2. The van der Waals surface area contributed by atoms with Crippen LogP contribution in [0.1, 0.15) is 17.5 Å². The summed E-state index contributed by atoms with van der Waals surface area (Å²) in [6.07, 6.45) is 5.25. The lowest BCUT2D eigenvalue weighted by Crippen LogP contribution is -2.33. The van der Waals surface area contributed by atoms with Gasteiger partial charge in [-0.15, -0.1) is 0 Å². The molecule has 0 atom stereocenters. The first kappa shape index (κ1) is 24.5. The van der Waals surface area contributed by atoms with Gasteiger partial charge >= 0.3 is 0 Å². The van der Waals surface area contributed by atoms with Gasteiger partial charge < -0.3 is 10.1 Å². The number of aryl methyl sites for hydroxylation is 1. The van der Waals surface area contributed by atoms with Gasteiger partial charge in [-0.2, -0.15) is 4.31 Å². The maximum Gasteiger partial charge on any atom is 0.211 e. The van der Waals surface area contributed by atoms with Crippen LogP contribution in [0.3, 0.4) is 0 Å². The van der Waals surface area contributed by atoms with E-state index in [1.54, 1.807) is 0 Å². The van der Waals surface area contributed by atoms with E-state index in [2.05, 4.69) is 27.1 Å². The molecule has 0 aliphatic carbocycles. The first-order valence-electron chi connectivity index (χ1n) is 11.9. The number of nitrogens with one attached hydrogen (secondary N) is 1. The number of hydrogen-bond donors (Lipinski definition) is 1. The Labute approximate surface area is 216 Å². The molecule has 186 valence electrons. The zero-order valence-corrected chi connectivity index (χ0v) is 21.4. The Morgan fingerprint density at radius 1 is 1.00 bits per heavy atom. The van der Waals surface area contributed by atoms with Crippen LogP contribution in [0.5, 0.6) is 11.5 Å². The number of rotatable bonds is 5. The average Bonchev–Trinajstić information content (AvgIpc) is 2.90. The number of benzene rings is 3. The van der Waals surface area contributed by atoms with E-state index in [1.807, 2.05) is 79.7 Å². The molecule has 0 saturated carbocycles. The van der Waals surface area contributed by atoms with Crippen LogP contribution in [0.4, 0.5) is 11.5 Å². The van der Waals surface area contributed by atoms with Crippen LogP contribution in [0, 0.1) is 18.8 Å². The molecule has 2 heterocycles. The molecule has 37 heavy (non-hydrogen) atoms. The van der Waals surface area contributed by atoms with Gasteiger partial charge in [-0.05, 0) is 67.4 Å². The van der Waals surface area contributed by atoms with Crippen LogP contribution >= 0.6 is 0 Å². The zero-order valence-electron chi connectivity index (χ0n) is 20.6. The molecule has 0 radical (unpaired) electrons. The molecule has 3 aromatic carbocycles. The van der Waals surface area contributed by atoms with E-state index in [4.69, 9.17) is 4.74 Å². The second-order valence-corrected chi connectivity index (χ2v) is 10.8. The van der Waals surface area contributed by atoms with Crippen molar-refractivity contribution in [1.29, 1.82) is 0 Å². The van der Waals surface area contributed by atoms with E-state index in [-0.39, 0.29) is 0 Å². The third kappa shape index (κ3) is 5.97. The minimum absolute atomic E-state index is 0.358. The summed E-state index contributed by atoms with van der Waals surface area (Å²) in [6.45, 7) is 2.81. The lowest BCUT2D eigenvalue weighted by molar-refractivity contribution is 0.438. The number of aromatic nitrogens is 2. The fourth-order valence-electron chi connectivity index (χ4n) is 4.05. The summed E-state index contributed by atoms with van der Waals surface area (Å²) in [5.41, 5.74) is 4.46. The number of sulfonamides is 1. The van der Waals surface area contributed by atoms with E-state index in [9.17, 15) is 8.42 Å². The lowest BCUT2D eigenvalue weighted by atomic mass is 10.1. The zero-order chi connectivity index (χ0) is 25.8. The quantitative estimate of drug-likeness (QED) is 0.361. The molecule has 0 fully saturated rings. The predicted molar refractivity (Wildman–Crippen MR) is 147 cm³/mol. The first-order valence-corrected chi connectivity index (χ1v) is 13.7. The number of nitrogens with zero attached hydrogens (tertiary/aromatic N) is 3. The van der Waals surface area contributed by atoms with Crippen molar-refractivity contribution in [1.82, 2.24) is 14.3 Å². The minimum Gasteiger partial charge on any atom is -0.457 e. The SMILES string of the molecule is Cc1cc(Nc2ncnc3ccc(C#CC4=CCN(S(C)(=O)=O)CC4)cc23)ccc1Oc1ccccc1. The highest BCUT2D eigenvalue weighted by molar-refractivity contribution is 7.88. The Morgan fingerprint density at radius 3 is 2.57 bits per heavy atom. The molecule has 1 N–H and O–H groups in total. The fourth-order valence-corrected chi connectivity index (χ4v) is 4.81. The van der Waals surface area contributed by atoms with Crippen molar-refractivity contribution in [3.8, 4) is 23.3 Å². The summed E-state index contributed by atoms with van der Waals surface area (Å²) < 4.78 is 30.9. The van der Waals surface area contributed by atoms with Gasteiger partial charge in [0.2, 0.25) is 10.0 Å². The van der Waals surface area contributed by atoms with Gasteiger partial charge in [-0.3, -0.25) is 0 Å². The maximum absolute atomic E-state index is 11.7. The normalized spacial score (nSPS) is 13.9. The molecule has 0 unspecified atom stereocenters. The molecule has 4 aromatic rings. The monoisotopic (exact) mass is 510 g/mol. The third-order valence-corrected chi connectivity index (χ3v) is 7.32. The highest BCUT2D eigenvalue weighted by Crippen LogP contribution is 2.30. The predicted octanol–water partition coefficient (Wildman–Crippen LogP) is 5.42. The summed E-state index contributed by atoms with van der Waals surface area (Å²) in [5.74, 6) is 8.66. The van der Waals surface area contributed by atoms with Crippen molar-refractivity contribution >= 4 is 32.4 Å². The second kappa shape index (κ2) is 10.4. The number of anilines is 2. The van der Waals surface area contributed by atoms with E-state index in [1.165, 1.54) is 16.9 Å². The van der Waals surface area contributed by atoms with Gasteiger partial charge in [0, 0.05) is 35.3 Å². The molecular weight excluding hydrogens is 484 g/mol. The fraction of sp³-hybridized carbons (Fsp3) is 0.172. The molecule has 0 bridgehead atoms. The molecule has 1 aromatic heterocycles. The Balaban J connectivity index is 1.36. The average molecular weight is 511 g/mol. The molecule has 0 amide bonds. The number of hydrogen-bond acceptors (Lipinski definition) is 6. The van der Waals surface area contributed by atoms with Gasteiger partial charge in [-0.25, -0.2) is 18.4 Å². The van der Waals surface area contributed by atoms with E-state index in [0.717, 1.165) is 44.8 Å². The summed E-state index contributed by atoms with van der Waals surface area (Å²) in [4.78, 5) is 8.86. The summed E-state index contributed by atoms with van der Waals surface area (Å²) in [6, 6.07) is 21.4. The van der Waals surface area contributed by atoms with Crippen molar-refractivity contribution < 1.29 is 13.2 Å². The number of para-hydroxylation sites is 1. The van der Waals surface area contributed by atoms with Crippen molar-refractivity contribution in [2.24, 2.45) is 0 Å². The Bertz CT molecular complexity index is 1660. The van der Waals surface area contributed by atoms with Crippen LogP contribution in [0.15, 0.2) is 84.7 Å². The van der Waals surface area contributed by atoms with Crippen molar-refractivity contribution in [3.05, 3.63) is 95.8 Å². The Morgan fingerprint density at radius 2 is 1.84 bits per heavy atom. The van der Waals surface area contributed by atoms with E-state index < -0.39 is 10.0 Å². The summed E-state index contributed by atoms with van der Waals surface area (Å²) >= 11 is 0. The number of ether oxygens (including phenoxy) is 1. The third-order valence-electron chi connectivity index (χ3n) is 6.05. The van der Waals surface area contributed by atoms with Crippen LogP contribution in [-0.4, -0.2) is 42.0 Å². The summed E-state index contributed by atoms with van der Waals surface area (Å²) in [7, 11) is -3.18. The van der Waals surface area contributed by atoms with Gasteiger partial charge in [0.05, 0.1) is 11.8 Å². The maximum atomic E-state index is 11.7. The summed E-state index contributed by atoms with van der Waals surface area (Å²) in [5, 5.41) is 4.26. The van der Waals surface area contributed by atoms with Crippen molar-refractivity contribution in [3.63, 3.8) is 0 Å². The second-order valence-electron chi connectivity index (χ2n) is 8.82. The number of fused-ring (bicyclic) bond motifs is 1. The standard InChI is InChI=1S/C29H26N4O3S/c1-21-18-24(11-13-28(21)36-25-6-4-3-5-7-25)32-29-26-19-23(10-12-27(26)30-20-31-29)9-8-22-14-16-33(17-15-22)37(2,34)35/h3-7,10-14,18-20H,15-17H2,1-2H3,(H,30,31,32). The van der Waals surface area contributed by atoms with Crippen LogP contribution < -0.4 is 10.1 Å². The van der Waals surface area contributed by atoms with Crippen molar-refractivity contribution in [2.45, 2.75) is 13.3 Å². The van der Waals surface area contributed by atoms with Crippen LogP contribution in [0.25, 0.3) is 10.9 Å². The minimum atomic E-state index is -3.18. The molecule has 8 heteroatoms. The smallest absolute Gasteiger partial charge is 0.211 e. The highest BCUT2D eigenvalue weighted by Gasteiger charge is 2.18. The molecule has 0 spiro atoms. The Hall–Kier alpha value is -4.19. The molecule has 5 rings (SSSR count). The Kier molecular flexibility index (Phi) is 6.91. The van der Waals surface area contributed by atoms with Gasteiger partial charge in [0.25, 0.3) is 0 Å². The lowest BCUT2D eigenvalue weighted by Gasteiger charge is -2.22. The van der Waals surface area contributed by atoms with E-state index in [0.29, 0.717) is 25.3 Å². The van der Waals surface area contributed by atoms with Gasteiger partial charge in [-0.1, -0.05) is 36.1 Å². The largest absolute Gasteiger partial charge is 0.457 e. The molecule has 7 nitrogen and oxygen atoms in total. The topological polar surface area (TPSA) is 84.4 Å². The molecule has 1 aliphatic rings. The van der Waals surface area contributed by atoms with Gasteiger partial charge in [0.1, 0.15) is 23.6 Å².